The number of benzene rings is 1. The molecule has 6 heteroatoms. The number of aryl methyl sites for hydroxylation is 1. The van der Waals surface area contributed by atoms with Crippen LogP contribution < -0.4 is 0 Å². The number of rotatable bonds is 2. The Bertz CT molecular complexity index is 731. The highest BCUT2D eigenvalue weighted by atomic mass is 32.2. The first-order chi connectivity index (χ1) is 11.1. The van der Waals surface area contributed by atoms with Crippen LogP contribution in [-0.2, 0) is 11.8 Å². The van der Waals surface area contributed by atoms with Crippen molar-refractivity contribution in [2.45, 2.75) is 31.0 Å². The molecule has 1 aromatic carbocycles. The molecule has 5 nitrogen and oxygen atoms in total. The van der Waals surface area contributed by atoms with Gasteiger partial charge in [0.2, 0.25) is 0 Å². The summed E-state index contributed by atoms with van der Waals surface area (Å²) in [5.41, 5.74) is 1.39. The molecule has 1 aromatic heterocycles. The predicted octanol–water partition coefficient (Wildman–Crippen LogP) is 2.31. The number of carbonyl (C=O) groups excluding carboxylic acids is 1. The molecule has 23 heavy (non-hydrogen) atoms. The second-order valence-electron chi connectivity index (χ2n) is 6.50. The fraction of sp³-hybridized carbons (Fsp3) is 0.529. The number of para-hydroxylation sites is 1. The highest BCUT2D eigenvalue weighted by Gasteiger charge is 2.38. The van der Waals surface area contributed by atoms with Crippen molar-refractivity contribution >= 4 is 28.6 Å². The zero-order valence-electron chi connectivity index (χ0n) is 13.4. The van der Waals surface area contributed by atoms with Crippen molar-refractivity contribution in [2.75, 3.05) is 18.6 Å². The summed E-state index contributed by atoms with van der Waals surface area (Å²) in [5, 5.41) is 5.23. The van der Waals surface area contributed by atoms with Gasteiger partial charge in [-0.1, -0.05) is 18.2 Å². The molecule has 0 aliphatic carbocycles. The van der Waals surface area contributed by atoms with Crippen LogP contribution in [0.4, 0.5) is 0 Å². The minimum absolute atomic E-state index is 0.00960. The molecule has 0 amide bonds. The van der Waals surface area contributed by atoms with Crippen LogP contribution in [-0.4, -0.2) is 57.4 Å². The summed E-state index contributed by atoms with van der Waals surface area (Å²) >= 11 is 2.02. The average molecular weight is 331 g/mol. The van der Waals surface area contributed by atoms with E-state index in [1.165, 1.54) is 0 Å². The molecule has 0 radical (unpaired) electrons. The van der Waals surface area contributed by atoms with E-state index in [2.05, 4.69) is 17.0 Å². The van der Waals surface area contributed by atoms with E-state index in [1.54, 1.807) is 4.68 Å². The first-order valence-electron chi connectivity index (χ1n) is 8.06. The lowest BCUT2D eigenvalue weighted by atomic mass is 9.95. The van der Waals surface area contributed by atoms with E-state index < -0.39 is 0 Å². The number of nitrogens with zero attached hydrogens (tertiary/aromatic N) is 3. The standard InChI is InChI=1S/C17H21N3O2S/c1-19-11-7-13(8-12(19)10-23-9-11)22-17(21)16-14-5-3-4-6-15(14)20(2)18-16/h3-6,11-13H,7-10H2,1-2H3. The normalized spacial score (nSPS) is 28.0. The first-order valence-corrected chi connectivity index (χ1v) is 9.21. The molecule has 4 rings (SSSR count). The Labute approximate surface area is 140 Å². The van der Waals surface area contributed by atoms with E-state index in [9.17, 15) is 4.79 Å². The summed E-state index contributed by atoms with van der Waals surface area (Å²) in [6.45, 7) is 0. The van der Waals surface area contributed by atoms with Crippen LogP contribution >= 0.6 is 11.8 Å². The fourth-order valence-electron chi connectivity index (χ4n) is 3.71. The second-order valence-corrected chi connectivity index (χ2v) is 7.57. The number of ether oxygens (including phenoxy) is 1. The number of thioether (sulfide) groups is 1. The number of esters is 1. The Kier molecular flexibility index (Phi) is 3.81. The first kappa shape index (κ1) is 15.0. The molecule has 2 fully saturated rings. The summed E-state index contributed by atoms with van der Waals surface area (Å²) in [4.78, 5) is 15.1. The van der Waals surface area contributed by atoms with Gasteiger partial charge in [0.05, 0.1) is 5.52 Å². The minimum atomic E-state index is -0.290. The van der Waals surface area contributed by atoms with E-state index in [0.717, 1.165) is 35.3 Å². The van der Waals surface area contributed by atoms with Crippen molar-refractivity contribution in [3.8, 4) is 0 Å². The topological polar surface area (TPSA) is 47.4 Å². The summed E-state index contributed by atoms with van der Waals surface area (Å²) in [6, 6.07) is 8.82. The molecule has 0 N–H and O–H groups in total. The third-order valence-corrected chi connectivity index (χ3v) is 6.31. The van der Waals surface area contributed by atoms with E-state index in [4.69, 9.17) is 4.74 Å². The van der Waals surface area contributed by atoms with Crippen molar-refractivity contribution in [1.29, 1.82) is 0 Å². The van der Waals surface area contributed by atoms with E-state index in [-0.39, 0.29) is 12.1 Å². The SMILES string of the molecule is CN1C2CSCC1CC(OC(=O)c1nn(C)c3ccccc13)C2. The Morgan fingerprint density at radius 3 is 2.65 bits per heavy atom. The number of carbonyl (C=O) groups is 1. The van der Waals surface area contributed by atoms with Gasteiger partial charge in [0.1, 0.15) is 6.10 Å². The highest BCUT2D eigenvalue weighted by Crippen LogP contribution is 2.33. The predicted molar refractivity (Wildman–Crippen MR) is 91.8 cm³/mol. The molecule has 122 valence electrons. The molecule has 2 bridgehead atoms. The van der Waals surface area contributed by atoms with Gasteiger partial charge in [-0.15, -0.1) is 0 Å². The maximum atomic E-state index is 12.6. The third-order valence-electron chi connectivity index (χ3n) is 5.07. The maximum absolute atomic E-state index is 12.6. The van der Waals surface area contributed by atoms with Crippen LogP contribution in [0.2, 0.25) is 0 Å². The maximum Gasteiger partial charge on any atom is 0.359 e. The van der Waals surface area contributed by atoms with Gasteiger partial charge < -0.3 is 4.74 Å². The Morgan fingerprint density at radius 1 is 1.22 bits per heavy atom. The Hall–Kier alpha value is -1.53. The monoisotopic (exact) mass is 331 g/mol. The number of hydrogen-bond donors (Lipinski definition) is 0. The van der Waals surface area contributed by atoms with Crippen molar-refractivity contribution in [1.82, 2.24) is 14.7 Å². The van der Waals surface area contributed by atoms with E-state index >= 15 is 0 Å². The van der Waals surface area contributed by atoms with Gasteiger partial charge in [0.25, 0.3) is 0 Å². The zero-order chi connectivity index (χ0) is 16.0. The number of fused-ring (bicyclic) bond motifs is 3. The lowest BCUT2D eigenvalue weighted by Gasteiger charge is -2.46. The lowest BCUT2D eigenvalue weighted by molar-refractivity contribution is -0.0103. The second kappa shape index (κ2) is 5.83. The van der Waals surface area contributed by atoms with Crippen LogP contribution in [0.1, 0.15) is 23.3 Å². The lowest BCUT2D eigenvalue weighted by Crippen LogP contribution is -2.54. The number of piperidine rings is 1. The molecule has 2 saturated heterocycles. The Balaban J connectivity index is 1.54. The minimum Gasteiger partial charge on any atom is -0.457 e. The van der Waals surface area contributed by atoms with Crippen LogP contribution in [0.5, 0.6) is 0 Å². The summed E-state index contributed by atoms with van der Waals surface area (Å²) in [5.74, 6) is 1.98. The van der Waals surface area contributed by atoms with E-state index in [1.807, 2.05) is 43.1 Å². The summed E-state index contributed by atoms with van der Waals surface area (Å²) in [7, 11) is 4.05. The molecular formula is C17H21N3O2S. The molecule has 2 unspecified atom stereocenters. The van der Waals surface area contributed by atoms with Crippen LogP contribution in [0.15, 0.2) is 24.3 Å². The van der Waals surface area contributed by atoms with E-state index in [0.29, 0.717) is 17.8 Å². The van der Waals surface area contributed by atoms with Crippen molar-refractivity contribution in [3.63, 3.8) is 0 Å². The zero-order valence-corrected chi connectivity index (χ0v) is 14.3. The van der Waals surface area contributed by atoms with Gasteiger partial charge in [-0.2, -0.15) is 16.9 Å². The van der Waals surface area contributed by atoms with Gasteiger partial charge in [0, 0.05) is 48.9 Å². The van der Waals surface area contributed by atoms with Gasteiger partial charge >= 0.3 is 5.97 Å². The molecule has 0 saturated carbocycles. The van der Waals surface area contributed by atoms with Crippen molar-refractivity contribution in [3.05, 3.63) is 30.0 Å². The summed E-state index contributed by atoms with van der Waals surface area (Å²) in [6.07, 6.45) is 1.86. The quantitative estimate of drug-likeness (QED) is 0.790. The van der Waals surface area contributed by atoms with Gasteiger partial charge in [0.15, 0.2) is 5.69 Å². The average Bonchev–Trinajstić information content (AvgIpc) is 2.86. The molecule has 2 aromatic rings. The Morgan fingerprint density at radius 2 is 1.91 bits per heavy atom. The molecule has 2 aliphatic heterocycles. The molecule has 3 heterocycles. The van der Waals surface area contributed by atoms with Crippen molar-refractivity contribution < 1.29 is 9.53 Å². The number of hydrogen-bond acceptors (Lipinski definition) is 5. The van der Waals surface area contributed by atoms with Crippen LogP contribution in [0.25, 0.3) is 10.9 Å². The molecule has 2 atom stereocenters. The largest absolute Gasteiger partial charge is 0.457 e. The van der Waals surface area contributed by atoms with Crippen LogP contribution in [0.3, 0.4) is 0 Å². The van der Waals surface area contributed by atoms with Crippen LogP contribution in [0, 0.1) is 0 Å². The van der Waals surface area contributed by atoms with Gasteiger partial charge in [-0.25, -0.2) is 4.79 Å². The van der Waals surface area contributed by atoms with Gasteiger partial charge in [-0.05, 0) is 13.1 Å². The van der Waals surface area contributed by atoms with Gasteiger partial charge in [-0.3, -0.25) is 9.58 Å². The fourth-order valence-corrected chi connectivity index (χ4v) is 5.14. The molecule has 0 spiro atoms. The third kappa shape index (κ3) is 2.64. The summed E-state index contributed by atoms with van der Waals surface area (Å²) < 4.78 is 7.57. The molecular weight excluding hydrogens is 310 g/mol. The highest BCUT2D eigenvalue weighted by molar-refractivity contribution is 7.99. The smallest absolute Gasteiger partial charge is 0.359 e. The molecule has 2 aliphatic rings. The number of aromatic nitrogens is 2. The van der Waals surface area contributed by atoms with Crippen molar-refractivity contribution in [2.24, 2.45) is 7.05 Å².